The van der Waals surface area contributed by atoms with Gasteiger partial charge in [-0.3, -0.25) is 4.79 Å². The molecule has 1 fully saturated rings. The van der Waals surface area contributed by atoms with Gasteiger partial charge in [-0.15, -0.1) is 0 Å². The zero-order valence-corrected chi connectivity index (χ0v) is 9.37. The molecule has 4 heteroatoms. The molecule has 1 aromatic heterocycles. The molecule has 80 valence electrons. The predicted molar refractivity (Wildman–Crippen MR) is 58.7 cm³/mol. The lowest BCUT2D eigenvalue weighted by Crippen LogP contribution is -2.19. The molecule has 1 aliphatic heterocycles. The number of hydrogen-bond acceptors (Lipinski definition) is 2. The first-order valence-electron chi connectivity index (χ1n) is 4.99. The van der Waals surface area contributed by atoms with E-state index in [2.05, 4.69) is 4.98 Å². The Labute approximate surface area is 94.1 Å². The van der Waals surface area contributed by atoms with E-state index in [1.54, 1.807) is 17.2 Å². The molecule has 1 amide bonds. The smallest absolute Gasteiger partial charge is 0.222 e. The van der Waals surface area contributed by atoms with Crippen LogP contribution in [0.15, 0.2) is 18.3 Å². The van der Waals surface area contributed by atoms with Crippen LogP contribution in [0.4, 0.5) is 0 Å². The lowest BCUT2D eigenvalue weighted by Gasteiger charge is -2.09. The fourth-order valence-electron chi connectivity index (χ4n) is 1.95. The van der Waals surface area contributed by atoms with Gasteiger partial charge < -0.3 is 4.90 Å². The van der Waals surface area contributed by atoms with E-state index in [0.29, 0.717) is 17.5 Å². The largest absolute Gasteiger partial charge is 0.345 e. The Morgan fingerprint density at radius 2 is 2.40 bits per heavy atom. The second-order valence-electron chi connectivity index (χ2n) is 4.04. The number of hydrogen-bond donors (Lipinski definition) is 0. The van der Waals surface area contributed by atoms with E-state index < -0.39 is 0 Å². The first-order chi connectivity index (χ1) is 7.15. The van der Waals surface area contributed by atoms with E-state index >= 15 is 0 Å². The van der Waals surface area contributed by atoms with Crippen molar-refractivity contribution < 1.29 is 4.79 Å². The monoisotopic (exact) mass is 224 g/mol. The van der Waals surface area contributed by atoms with Crippen LogP contribution in [-0.2, 0) is 11.2 Å². The SMILES string of the molecule is CN1CC(Cc2ccc(Cl)nc2)CC1=O. The molecule has 1 aromatic rings. The Balaban J connectivity index is 1.98. The van der Waals surface area contributed by atoms with Crippen LogP contribution in [0, 0.1) is 5.92 Å². The summed E-state index contributed by atoms with van der Waals surface area (Å²) < 4.78 is 0. The van der Waals surface area contributed by atoms with Crippen molar-refractivity contribution in [2.75, 3.05) is 13.6 Å². The molecule has 0 spiro atoms. The molecule has 0 bridgehead atoms. The third-order valence-corrected chi connectivity index (χ3v) is 2.96. The van der Waals surface area contributed by atoms with Gasteiger partial charge in [-0.2, -0.15) is 0 Å². The summed E-state index contributed by atoms with van der Waals surface area (Å²) in [6.07, 6.45) is 3.34. The minimum atomic E-state index is 0.238. The number of pyridine rings is 1. The molecule has 2 heterocycles. The summed E-state index contributed by atoms with van der Waals surface area (Å²) in [5.41, 5.74) is 1.15. The molecular weight excluding hydrogens is 212 g/mol. The molecule has 1 saturated heterocycles. The van der Waals surface area contributed by atoms with Crippen molar-refractivity contribution in [1.82, 2.24) is 9.88 Å². The molecule has 0 saturated carbocycles. The average Bonchev–Trinajstić information content (AvgIpc) is 2.50. The van der Waals surface area contributed by atoms with Crippen molar-refractivity contribution in [3.63, 3.8) is 0 Å². The molecule has 1 atom stereocenters. The minimum absolute atomic E-state index is 0.238. The van der Waals surface area contributed by atoms with Crippen LogP contribution in [0.1, 0.15) is 12.0 Å². The molecule has 0 aromatic carbocycles. The summed E-state index contributed by atoms with van der Waals surface area (Å²) in [7, 11) is 1.85. The van der Waals surface area contributed by atoms with Crippen molar-refractivity contribution in [2.45, 2.75) is 12.8 Å². The van der Waals surface area contributed by atoms with Gasteiger partial charge >= 0.3 is 0 Å². The van der Waals surface area contributed by atoms with Crippen molar-refractivity contribution in [2.24, 2.45) is 5.92 Å². The summed E-state index contributed by atoms with van der Waals surface area (Å²) in [6, 6.07) is 3.76. The molecule has 1 unspecified atom stereocenters. The second kappa shape index (κ2) is 4.19. The molecule has 0 radical (unpaired) electrons. The maximum atomic E-state index is 11.3. The van der Waals surface area contributed by atoms with Crippen molar-refractivity contribution in [3.8, 4) is 0 Å². The highest BCUT2D eigenvalue weighted by Gasteiger charge is 2.26. The first-order valence-corrected chi connectivity index (χ1v) is 5.37. The van der Waals surface area contributed by atoms with E-state index in [1.165, 1.54) is 0 Å². The van der Waals surface area contributed by atoms with Gasteiger partial charge in [-0.1, -0.05) is 17.7 Å². The quantitative estimate of drug-likeness (QED) is 0.718. The second-order valence-corrected chi connectivity index (χ2v) is 4.42. The van der Waals surface area contributed by atoms with Crippen molar-refractivity contribution >= 4 is 17.5 Å². The molecule has 0 N–H and O–H groups in total. The lowest BCUT2D eigenvalue weighted by molar-refractivity contribution is -0.126. The van der Waals surface area contributed by atoms with E-state index in [0.717, 1.165) is 18.5 Å². The van der Waals surface area contributed by atoms with Gasteiger partial charge in [-0.25, -0.2) is 4.98 Å². The number of amides is 1. The Morgan fingerprint density at radius 3 is 2.93 bits per heavy atom. The normalized spacial score (nSPS) is 21.1. The van der Waals surface area contributed by atoms with Crippen LogP contribution in [0.25, 0.3) is 0 Å². The highest BCUT2D eigenvalue weighted by Crippen LogP contribution is 2.20. The molecule has 2 rings (SSSR count). The van der Waals surface area contributed by atoms with Crippen LogP contribution in [0.2, 0.25) is 5.15 Å². The van der Waals surface area contributed by atoms with E-state index in [1.807, 2.05) is 13.1 Å². The van der Waals surface area contributed by atoms with Crippen molar-refractivity contribution in [3.05, 3.63) is 29.0 Å². The average molecular weight is 225 g/mol. The zero-order chi connectivity index (χ0) is 10.8. The Morgan fingerprint density at radius 1 is 1.60 bits per heavy atom. The fourth-order valence-corrected chi connectivity index (χ4v) is 2.07. The van der Waals surface area contributed by atoms with Gasteiger partial charge in [0.15, 0.2) is 0 Å². The number of nitrogens with zero attached hydrogens (tertiary/aromatic N) is 2. The van der Waals surface area contributed by atoms with E-state index in [4.69, 9.17) is 11.6 Å². The summed E-state index contributed by atoms with van der Waals surface area (Å²) in [5.74, 6) is 0.660. The third kappa shape index (κ3) is 2.48. The minimum Gasteiger partial charge on any atom is -0.345 e. The maximum absolute atomic E-state index is 11.3. The van der Waals surface area contributed by atoms with Crippen LogP contribution in [0.5, 0.6) is 0 Å². The number of halogens is 1. The van der Waals surface area contributed by atoms with Crippen LogP contribution >= 0.6 is 11.6 Å². The number of likely N-dealkylation sites (tertiary alicyclic amines) is 1. The van der Waals surface area contributed by atoms with Gasteiger partial charge in [-0.05, 0) is 24.0 Å². The number of carbonyl (C=O) groups is 1. The van der Waals surface area contributed by atoms with E-state index in [-0.39, 0.29) is 5.91 Å². The van der Waals surface area contributed by atoms with E-state index in [9.17, 15) is 4.79 Å². The number of aromatic nitrogens is 1. The molecule has 3 nitrogen and oxygen atoms in total. The van der Waals surface area contributed by atoms with Gasteiger partial charge in [0.1, 0.15) is 5.15 Å². The molecule has 15 heavy (non-hydrogen) atoms. The lowest BCUT2D eigenvalue weighted by atomic mass is 10.00. The Bertz CT molecular complexity index is 363. The zero-order valence-electron chi connectivity index (χ0n) is 8.61. The summed E-state index contributed by atoms with van der Waals surface area (Å²) in [4.78, 5) is 17.1. The number of carbonyl (C=O) groups excluding carboxylic acids is 1. The summed E-state index contributed by atoms with van der Waals surface area (Å²) in [6.45, 7) is 0.849. The standard InChI is InChI=1S/C11H13ClN2O/c1-14-7-9(5-11(14)15)4-8-2-3-10(12)13-6-8/h2-3,6,9H,4-5,7H2,1H3. The highest BCUT2D eigenvalue weighted by molar-refractivity contribution is 6.29. The van der Waals surface area contributed by atoms with Gasteiger partial charge in [0.25, 0.3) is 0 Å². The first kappa shape index (κ1) is 10.4. The topological polar surface area (TPSA) is 33.2 Å². The van der Waals surface area contributed by atoms with Crippen LogP contribution in [-0.4, -0.2) is 29.4 Å². The fraction of sp³-hybridized carbons (Fsp3) is 0.455. The van der Waals surface area contributed by atoms with Gasteiger partial charge in [0, 0.05) is 26.2 Å². The third-order valence-electron chi connectivity index (χ3n) is 2.73. The predicted octanol–water partition coefficient (Wildman–Crippen LogP) is 1.76. The Hall–Kier alpha value is -1.09. The van der Waals surface area contributed by atoms with Crippen LogP contribution in [0.3, 0.4) is 0 Å². The van der Waals surface area contributed by atoms with Crippen LogP contribution < -0.4 is 0 Å². The molecule has 0 aliphatic carbocycles. The Kier molecular flexibility index (Phi) is 2.91. The molecular formula is C11H13ClN2O. The highest BCUT2D eigenvalue weighted by atomic mass is 35.5. The summed E-state index contributed by atoms with van der Waals surface area (Å²) >= 11 is 5.70. The van der Waals surface area contributed by atoms with Gasteiger partial charge in [0.2, 0.25) is 5.91 Å². The maximum Gasteiger partial charge on any atom is 0.222 e. The van der Waals surface area contributed by atoms with Gasteiger partial charge in [0.05, 0.1) is 0 Å². The molecule has 1 aliphatic rings. The van der Waals surface area contributed by atoms with Crippen molar-refractivity contribution in [1.29, 1.82) is 0 Å². The number of rotatable bonds is 2. The summed E-state index contributed by atoms with van der Waals surface area (Å²) in [5, 5.41) is 0.512.